The van der Waals surface area contributed by atoms with E-state index in [4.69, 9.17) is 4.74 Å². The van der Waals surface area contributed by atoms with Gasteiger partial charge in [-0.05, 0) is 34.1 Å². The molecule has 0 heterocycles. The van der Waals surface area contributed by atoms with Crippen molar-refractivity contribution in [1.82, 2.24) is 0 Å². The summed E-state index contributed by atoms with van der Waals surface area (Å²) in [6.45, 7) is 9.42. The lowest BCUT2D eigenvalue weighted by Crippen LogP contribution is -2.21. The first-order valence-electron chi connectivity index (χ1n) is 3.23. The number of carbonyl (C=O) groups excluding carboxylic acids is 1. The van der Waals surface area contributed by atoms with Gasteiger partial charge >= 0.3 is 5.71 Å². The second kappa shape index (κ2) is 3.34. The zero-order valence-electron chi connectivity index (χ0n) is 7.26. The van der Waals surface area contributed by atoms with Gasteiger partial charge in [0.15, 0.2) is 0 Å². The fraction of sp³-hybridized carbons (Fsp3) is 0.857. The Bertz CT molecular complexity index is 124. The van der Waals surface area contributed by atoms with Gasteiger partial charge in [0.2, 0.25) is 0 Å². The van der Waals surface area contributed by atoms with E-state index in [2.05, 4.69) is 0 Å². The molecule has 0 fully saturated rings. The maximum atomic E-state index is 11.0. The van der Waals surface area contributed by atoms with Crippen molar-refractivity contribution in [1.29, 1.82) is 0 Å². The third-order valence-electron chi connectivity index (χ3n) is 0.759. The van der Waals surface area contributed by atoms with Crippen molar-refractivity contribution >= 4 is 13.6 Å². The fourth-order valence-electron chi connectivity index (χ4n) is 0.353. The molecule has 0 radical (unpaired) electrons. The highest BCUT2D eigenvalue weighted by Gasteiger charge is 2.17. The van der Waals surface area contributed by atoms with Gasteiger partial charge in [0, 0.05) is 7.92 Å². The van der Waals surface area contributed by atoms with Gasteiger partial charge in [0.25, 0.3) is 0 Å². The van der Waals surface area contributed by atoms with Crippen molar-refractivity contribution < 1.29 is 9.53 Å². The van der Waals surface area contributed by atoms with E-state index in [1.807, 2.05) is 34.1 Å². The first-order valence-corrected chi connectivity index (χ1v) is 5.47. The SMILES string of the molecule is CP(C)C(=O)OC(C)(C)C. The van der Waals surface area contributed by atoms with E-state index in [-0.39, 0.29) is 11.3 Å². The zero-order valence-corrected chi connectivity index (χ0v) is 8.16. The minimum atomic E-state index is -0.587. The third-order valence-corrected chi connectivity index (χ3v) is 1.58. The van der Waals surface area contributed by atoms with Gasteiger partial charge in [-0.1, -0.05) is 0 Å². The summed E-state index contributed by atoms with van der Waals surface area (Å²) < 4.78 is 5.09. The fourth-order valence-corrected chi connectivity index (χ4v) is 0.810. The summed E-state index contributed by atoms with van der Waals surface area (Å²) in [5.41, 5.74) is -0.397. The molecule has 0 aliphatic rings. The quantitative estimate of drug-likeness (QED) is 0.554. The average Bonchev–Trinajstić information content (AvgIpc) is 1.60. The summed E-state index contributed by atoms with van der Waals surface area (Å²) in [4.78, 5) is 11.0. The normalized spacial score (nSPS) is 11.8. The number of rotatable bonds is 1. The lowest BCUT2D eigenvalue weighted by atomic mass is 10.2. The zero-order chi connectivity index (χ0) is 8.36. The van der Waals surface area contributed by atoms with Crippen molar-refractivity contribution in [3.05, 3.63) is 0 Å². The Morgan fingerprint density at radius 2 is 1.70 bits per heavy atom. The molecule has 0 unspecified atom stereocenters. The molecule has 0 aromatic carbocycles. The third kappa shape index (κ3) is 4.75. The molecule has 0 saturated heterocycles. The van der Waals surface area contributed by atoms with E-state index in [0.29, 0.717) is 0 Å². The van der Waals surface area contributed by atoms with Crippen molar-refractivity contribution in [2.75, 3.05) is 13.3 Å². The summed E-state index contributed by atoms with van der Waals surface area (Å²) in [5, 5.41) is 0. The predicted molar refractivity (Wildman–Crippen MR) is 45.0 cm³/mol. The molecule has 0 spiro atoms. The maximum Gasteiger partial charge on any atom is 0.326 e. The minimum Gasteiger partial charge on any atom is -0.457 e. The Balaban J connectivity index is 3.81. The van der Waals surface area contributed by atoms with E-state index < -0.39 is 7.92 Å². The van der Waals surface area contributed by atoms with Crippen LogP contribution in [0.25, 0.3) is 0 Å². The predicted octanol–water partition coefficient (Wildman–Crippen LogP) is 2.66. The molecule has 0 aliphatic carbocycles. The molecule has 0 atom stereocenters. The van der Waals surface area contributed by atoms with Crippen LogP contribution in [0.5, 0.6) is 0 Å². The first kappa shape index (κ1) is 9.90. The molecule has 3 heteroatoms. The molecule has 0 amide bonds. The van der Waals surface area contributed by atoms with Crippen LogP contribution in [0.4, 0.5) is 4.79 Å². The van der Waals surface area contributed by atoms with Crippen LogP contribution in [0.2, 0.25) is 0 Å². The number of hydrogen-bond donors (Lipinski definition) is 0. The number of carbonyl (C=O) groups is 1. The van der Waals surface area contributed by atoms with E-state index in [9.17, 15) is 4.79 Å². The van der Waals surface area contributed by atoms with Crippen LogP contribution in [0.15, 0.2) is 0 Å². The smallest absolute Gasteiger partial charge is 0.326 e. The van der Waals surface area contributed by atoms with Gasteiger partial charge in [0.05, 0.1) is 0 Å². The van der Waals surface area contributed by atoms with Crippen molar-refractivity contribution in [3.63, 3.8) is 0 Å². The van der Waals surface area contributed by atoms with Crippen LogP contribution >= 0.6 is 7.92 Å². The highest BCUT2D eigenvalue weighted by molar-refractivity contribution is 7.72. The van der Waals surface area contributed by atoms with Crippen LogP contribution in [-0.4, -0.2) is 24.6 Å². The largest absolute Gasteiger partial charge is 0.457 e. The van der Waals surface area contributed by atoms with E-state index in [0.717, 1.165) is 0 Å². The highest BCUT2D eigenvalue weighted by atomic mass is 31.1. The summed E-state index contributed by atoms with van der Waals surface area (Å²) >= 11 is 0. The van der Waals surface area contributed by atoms with Crippen molar-refractivity contribution in [2.24, 2.45) is 0 Å². The van der Waals surface area contributed by atoms with Crippen LogP contribution in [0.1, 0.15) is 20.8 Å². The maximum absolute atomic E-state index is 11.0. The summed E-state index contributed by atoms with van der Waals surface area (Å²) in [5.74, 6) is 0. The summed E-state index contributed by atoms with van der Waals surface area (Å²) in [6, 6.07) is 0. The van der Waals surface area contributed by atoms with Gasteiger partial charge in [-0.25, -0.2) is 4.79 Å². The van der Waals surface area contributed by atoms with Crippen molar-refractivity contribution in [2.45, 2.75) is 26.4 Å². The lowest BCUT2D eigenvalue weighted by Gasteiger charge is -2.20. The van der Waals surface area contributed by atoms with Gasteiger partial charge < -0.3 is 4.74 Å². The van der Waals surface area contributed by atoms with E-state index >= 15 is 0 Å². The van der Waals surface area contributed by atoms with Crippen LogP contribution < -0.4 is 0 Å². The van der Waals surface area contributed by atoms with Crippen molar-refractivity contribution in [3.8, 4) is 0 Å². The van der Waals surface area contributed by atoms with Gasteiger partial charge in [-0.3, -0.25) is 0 Å². The Labute approximate surface area is 63.7 Å². The molecule has 0 aliphatic heterocycles. The topological polar surface area (TPSA) is 26.3 Å². The second-order valence-corrected chi connectivity index (χ2v) is 5.53. The van der Waals surface area contributed by atoms with E-state index in [1.165, 1.54) is 0 Å². The Kier molecular flexibility index (Phi) is 3.30. The summed E-state index contributed by atoms with van der Waals surface area (Å²) in [6.07, 6.45) is 0. The van der Waals surface area contributed by atoms with Crippen LogP contribution in [0.3, 0.4) is 0 Å². The average molecular weight is 162 g/mol. The molecule has 0 aromatic rings. The van der Waals surface area contributed by atoms with Gasteiger partial charge in [-0.15, -0.1) is 0 Å². The molecule has 0 bridgehead atoms. The lowest BCUT2D eigenvalue weighted by molar-refractivity contribution is 0.0728. The molecule has 0 rings (SSSR count). The Morgan fingerprint density at radius 1 is 1.30 bits per heavy atom. The van der Waals surface area contributed by atoms with Crippen LogP contribution in [-0.2, 0) is 4.74 Å². The molecule has 60 valence electrons. The second-order valence-electron chi connectivity index (χ2n) is 3.37. The Hall–Kier alpha value is -0.100. The Morgan fingerprint density at radius 3 is 1.80 bits per heavy atom. The van der Waals surface area contributed by atoms with E-state index in [1.54, 1.807) is 0 Å². The van der Waals surface area contributed by atoms with Crippen LogP contribution in [0, 0.1) is 0 Å². The molecule has 0 aromatic heterocycles. The van der Waals surface area contributed by atoms with Gasteiger partial charge in [-0.2, -0.15) is 0 Å². The van der Waals surface area contributed by atoms with Gasteiger partial charge in [0.1, 0.15) is 5.60 Å². The number of hydrogen-bond acceptors (Lipinski definition) is 2. The monoisotopic (exact) mass is 162 g/mol. The summed E-state index contributed by atoms with van der Waals surface area (Å²) in [7, 11) is -0.587. The molecular formula is C7H15O2P. The molecule has 10 heavy (non-hydrogen) atoms. The standard InChI is InChI=1S/C7H15O2P/c1-7(2,3)9-6(8)10(4)5/h1-5H3. The molecule has 2 nitrogen and oxygen atoms in total. The first-order chi connectivity index (χ1) is 4.33. The molecule has 0 N–H and O–H groups in total. The minimum absolute atomic E-state index is 0.0671. The molecular weight excluding hydrogens is 147 g/mol. The number of ether oxygens (including phenoxy) is 1. The highest BCUT2D eigenvalue weighted by Crippen LogP contribution is 2.29. The molecule has 0 saturated carbocycles.